The highest BCUT2D eigenvalue weighted by Crippen LogP contribution is 2.34. The van der Waals surface area contributed by atoms with Gasteiger partial charge in [0.25, 0.3) is 11.8 Å². The van der Waals surface area contributed by atoms with Crippen LogP contribution < -0.4 is 11.1 Å². The van der Waals surface area contributed by atoms with Gasteiger partial charge in [0.05, 0.1) is 16.8 Å². The van der Waals surface area contributed by atoms with E-state index in [2.05, 4.69) is 10.3 Å². The van der Waals surface area contributed by atoms with Gasteiger partial charge in [0, 0.05) is 18.4 Å². The predicted molar refractivity (Wildman–Crippen MR) is 102 cm³/mol. The van der Waals surface area contributed by atoms with E-state index in [1.165, 1.54) is 12.1 Å². The van der Waals surface area contributed by atoms with Crippen LogP contribution in [0.25, 0.3) is 0 Å². The molecule has 0 aliphatic carbocycles. The van der Waals surface area contributed by atoms with Crippen LogP contribution in [-0.2, 0) is 6.54 Å². The minimum Gasteiger partial charge on any atom is -0.366 e. The van der Waals surface area contributed by atoms with Crippen molar-refractivity contribution in [1.82, 2.24) is 9.88 Å². The summed E-state index contributed by atoms with van der Waals surface area (Å²) in [7, 11) is 0. The Labute approximate surface area is 160 Å². The van der Waals surface area contributed by atoms with Gasteiger partial charge in [-0.05, 0) is 42.0 Å². The number of aromatic nitrogens is 1. The van der Waals surface area contributed by atoms with Crippen LogP contribution in [-0.4, -0.2) is 21.7 Å². The summed E-state index contributed by atoms with van der Waals surface area (Å²) in [6.07, 6.45) is 1.02. The lowest BCUT2D eigenvalue weighted by atomic mass is 10.1. The lowest BCUT2D eigenvalue weighted by molar-refractivity contribution is 0.0727. The van der Waals surface area contributed by atoms with E-state index in [4.69, 9.17) is 5.73 Å². The molecule has 0 unspecified atom stereocenters. The van der Waals surface area contributed by atoms with Gasteiger partial charge in [0.1, 0.15) is 12.0 Å². The summed E-state index contributed by atoms with van der Waals surface area (Å²) in [6, 6.07) is 16.2. The molecule has 6 nitrogen and oxygen atoms in total. The number of hydrogen-bond donors (Lipinski definition) is 2. The maximum atomic E-state index is 13.2. The summed E-state index contributed by atoms with van der Waals surface area (Å²) in [5.74, 6) is -1.10. The zero-order chi connectivity index (χ0) is 19.7. The number of carbonyl (C=O) groups is 2. The molecule has 1 aliphatic heterocycles. The third-order valence-electron chi connectivity index (χ3n) is 4.65. The van der Waals surface area contributed by atoms with Gasteiger partial charge in [-0.25, -0.2) is 4.39 Å². The van der Waals surface area contributed by atoms with E-state index in [1.807, 2.05) is 0 Å². The molecule has 7 heteroatoms. The van der Waals surface area contributed by atoms with Crippen LogP contribution in [0.3, 0.4) is 0 Å². The predicted octanol–water partition coefficient (Wildman–Crippen LogP) is 3.09. The van der Waals surface area contributed by atoms with Gasteiger partial charge >= 0.3 is 0 Å². The lowest BCUT2D eigenvalue weighted by Gasteiger charge is -2.27. The number of benzene rings is 2. The van der Waals surface area contributed by atoms with Crippen molar-refractivity contribution in [3.8, 4) is 0 Å². The molecule has 4 rings (SSSR count). The maximum absolute atomic E-state index is 13.2. The molecular formula is C21H17FN4O2. The van der Waals surface area contributed by atoms with Crippen LogP contribution in [0, 0.1) is 5.82 Å². The third-order valence-corrected chi connectivity index (χ3v) is 4.65. The number of nitrogens with two attached hydrogens (primary N) is 1. The molecule has 28 heavy (non-hydrogen) atoms. The molecule has 0 bridgehead atoms. The molecule has 2 aromatic carbocycles. The monoisotopic (exact) mass is 376 g/mol. The first-order valence-electron chi connectivity index (χ1n) is 8.70. The highest BCUT2D eigenvalue weighted by molar-refractivity contribution is 6.00. The Kier molecular flexibility index (Phi) is 4.49. The van der Waals surface area contributed by atoms with Gasteiger partial charge in [-0.3, -0.25) is 14.6 Å². The van der Waals surface area contributed by atoms with Crippen molar-refractivity contribution in [3.05, 3.63) is 95.1 Å². The first-order chi connectivity index (χ1) is 13.5. The molecular weight excluding hydrogens is 359 g/mol. The van der Waals surface area contributed by atoms with Crippen LogP contribution in [0.1, 0.15) is 38.1 Å². The number of pyridine rings is 1. The highest BCUT2D eigenvalue weighted by atomic mass is 19.1. The van der Waals surface area contributed by atoms with Crippen molar-refractivity contribution in [3.63, 3.8) is 0 Å². The van der Waals surface area contributed by atoms with Crippen molar-refractivity contribution in [2.45, 2.75) is 12.7 Å². The molecule has 140 valence electrons. The molecule has 3 aromatic rings. The van der Waals surface area contributed by atoms with Crippen LogP contribution in [0.2, 0.25) is 0 Å². The Morgan fingerprint density at radius 1 is 1.11 bits per heavy atom. The fraction of sp³-hybridized carbons (Fsp3) is 0.0952. The molecule has 0 saturated carbocycles. The number of amides is 2. The molecule has 2 amide bonds. The normalized spacial score (nSPS) is 15.4. The Balaban J connectivity index is 1.72. The quantitative estimate of drug-likeness (QED) is 0.716. The van der Waals surface area contributed by atoms with Crippen LogP contribution >= 0.6 is 0 Å². The number of para-hydroxylation sites is 1. The van der Waals surface area contributed by atoms with Gasteiger partial charge in [-0.1, -0.05) is 24.3 Å². The second kappa shape index (κ2) is 7.11. The molecule has 0 fully saturated rings. The zero-order valence-corrected chi connectivity index (χ0v) is 14.8. The largest absolute Gasteiger partial charge is 0.366 e. The summed E-state index contributed by atoms with van der Waals surface area (Å²) < 4.78 is 13.2. The molecule has 1 aromatic heterocycles. The number of carbonyl (C=O) groups excluding carboxylic acids is 2. The van der Waals surface area contributed by atoms with E-state index in [-0.39, 0.29) is 18.3 Å². The molecule has 0 saturated heterocycles. The average molecular weight is 376 g/mol. The van der Waals surface area contributed by atoms with Crippen LogP contribution in [0.5, 0.6) is 0 Å². The summed E-state index contributed by atoms with van der Waals surface area (Å²) >= 11 is 0. The molecule has 0 radical (unpaired) electrons. The number of hydrogen-bond acceptors (Lipinski definition) is 4. The number of halogens is 1. The topological polar surface area (TPSA) is 88.3 Å². The van der Waals surface area contributed by atoms with Crippen molar-refractivity contribution in [2.24, 2.45) is 5.73 Å². The Hall–Kier alpha value is -3.74. The Morgan fingerprint density at radius 2 is 1.86 bits per heavy atom. The van der Waals surface area contributed by atoms with Gasteiger partial charge in [0.2, 0.25) is 0 Å². The van der Waals surface area contributed by atoms with Gasteiger partial charge in [-0.2, -0.15) is 0 Å². The number of anilines is 1. The number of nitrogens with zero attached hydrogens (tertiary/aromatic N) is 2. The molecule has 0 spiro atoms. The SMILES string of the molecule is NC(=O)c1ccccc1N[C@@H]1c2ncccc2C(=O)N1Cc1ccc(F)cc1. The van der Waals surface area contributed by atoms with Crippen molar-refractivity contribution in [1.29, 1.82) is 0 Å². The Morgan fingerprint density at radius 3 is 2.61 bits per heavy atom. The first-order valence-corrected chi connectivity index (χ1v) is 8.70. The van der Waals surface area contributed by atoms with Gasteiger partial charge < -0.3 is 16.0 Å². The number of fused-ring (bicyclic) bond motifs is 1. The number of rotatable bonds is 5. The molecule has 1 aliphatic rings. The highest BCUT2D eigenvalue weighted by Gasteiger charge is 2.38. The first kappa shape index (κ1) is 17.7. The lowest BCUT2D eigenvalue weighted by Crippen LogP contribution is -2.32. The molecule has 2 heterocycles. The number of primary amides is 1. The standard InChI is InChI=1S/C21H17FN4O2/c22-14-9-7-13(8-10-14)12-26-20(18-16(21(26)28)5-3-11-24-18)25-17-6-2-1-4-15(17)19(23)27/h1-11,20,25H,12H2,(H2,23,27)/t20-/m0/s1. The van der Waals surface area contributed by atoms with Crippen molar-refractivity contribution >= 4 is 17.5 Å². The van der Waals surface area contributed by atoms with Crippen LogP contribution in [0.15, 0.2) is 66.9 Å². The van der Waals surface area contributed by atoms with Gasteiger partial charge in [0.15, 0.2) is 0 Å². The molecule has 1 atom stereocenters. The zero-order valence-electron chi connectivity index (χ0n) is 14.8. The summed E-state index contributed by atoms with van der Waals surface area (Å²) in [5, 5.41) is 3.23. The summed E-state index contributed by atoms with van der Waals surface area (Å²) in [4.78, 5) is 30.7. The third kappa shape index (κ3) is 3.18. The number of nitrogens with one attached hydrogen (secondary N) is 1. The van der Waals surface area contributed by atoms with E-state index < -0.39 is 12.1 Å². The minimum atomic E-state index is -0.589. The van der Waals surface area contributed by atoms with E-state index >= 15 is 0 Å². The Bertz CT molecular complexity index is 1050. The maximum Gasteiger partial charge on any atom is 0.258 e. The summed E-state index contributed by atoms with van der Waals surface area (Å²) in [6.45, 7) is 0.256. The summed E-state index contributed by atoms with van der Waals surface area (Å²) in [5.41, 5.74) is 8.13. The fourth-order valence-corrected chi connectivity index (χ4v) is 3.30. The van der Waals surface area contributed by atoms with Crippen molar-refractivity contribution < 1.29 is 14.0 Å². The van der Waals surface area contributed by atoms with Gasteiger partial charge in [-0.15, -0.1) is 0 Å². The van der Waals surface area contributed by atoms with E-state index in [0.29, 0.717) is 22.5 Å². The fourth-order valence-electron chi connectivity index (χ4n) is 3.30. The second-order valence-corrected chi connectivity index (χ2v) is 6.45. The van der Waals surface area contributed by atoms with E-state index in [9.17, 15) is 14.0 Å². The minimum absolute atomic E-state index is 0.193. The molecule has 3 N–H and O–H groups in total. The van der Waals surface area contributed by atoms with E-state index in [0.717, 1.165) is 5.56 Å². The van der Waals surface area contributed by atoms with E-state index in [1.54, 1.807) is 59.6 Å². The smallest absolute Gasteiger partial charge is 0.258 e. The second-order valence-electron chi connectivity index (χ2n) is 6.45. The van der Waals surface area contributed by atoms with Crippen LogP contribution in [0.4, 0.5) is 10.1 Å². The van der Waals surface area contributed by atoms with Crippen molar-refractivity contribution in [2.75, 3.05) is 5.32 Å². The average Bonchev–Trinajstić information content (AvgIpc) is 2.96.